The molecule has 1 atom stereocenters. The van der Waals surface area contributed by atoms with Crippen molar-refractivity contribution in [2.75, 3.05) is 18.0 Å². The SMILES string of the molecule is Cc1noc2ncnc(N3CCC[C@@H](C(=O)NCc4ccccc4Cl)C3)c12. The number of nitrogens with one attached hydrogen (secondary N) is 1. The number of benzene rings is 1. The number of carbonyl (C=O) groups excluding carboxylic acids is 1. The van der Waals surface area contributed by atoms with Crippen LogP contribution in [0.1, 0.15) is 24.1 Å². The molecule has 2 aromatic heterocycles. The van der Waals surface area contributed by atoms with E-state index in [1.807, 2.05) is 31.2 Å². The van der Waals surface area contributed by atoms with Crippen LogP contribution in [-0.4, -0.2) is 34.1 Å². The first-order valence-electron chi connectivity index (χ1n) is 8.96. The zero-order chi connectivity index (χ0) is 18.8. The molecule has 4 rings (SSSR count). The minimum absolute atomic E-state index is 0.0342. The third-order valence-corrected chi connectivity index (χ3v) is 5.29. The van der Waals surface area contributed by atoms with Crippen molar-refractivity contribution in [1.82, 2.24) is 20.4 Å². The second-order valence-corrected chi connectivity index (χ2v) is 7.15. The molecule has 1 N–H and O–H groups in total. The van der Waals surface area contributed by atoms with Gasteiger partial charge in [0.05, 0.1) is 11.6 Å². The Balaban J connectivity index is 1.47. The normalized spacial score (nSPS) is 17.3. The number of amides is 1. The van der Waals surface area contributed by atoms with E-state index in [0.717, 1.165) is 41.8 Å². The molecule has 0 bridgehead atoms. The van der Waals surface area contributed by atoms with Gasteiger partial charge < -0.3 is 14.7 Å². The van der Waals surface area contributed by atoms with Gasteiger partial charge in [-0.25, -0.2) is 4.98 Å². The van der Waals surface area contributed by atoms with Gasteiger partial charge in [-0.1, -0.05) is 35.0 Å². The fraction of sp³-hybridized carbons (Fsp3) is 0.368. The Labute approximate surface area is 161 Å². The summed E-state index contributed by atoms with van der Waals surface area (Å²) in [5.41, 5.74) is 2.14. The molecule has 1 aliphatic rings. The standard InChI is InChI=1S/C19H20ClN5O2/c1-12-16-17(22-11-23-19(16)27-24-12)25-8-4-6-14(10-25)18(26)21-9-13-5-2-3-7-15(13)20/h2-3,5,7,11,14H,4,6,8-10H2,1H3,(H,21,26)/t14-/m1/s1. The van der Waals surface area contributed by atoms with Gasteiger partial charge in [-0.15, -0.1) is 0 Å². The Morgan fingerprint density at radius 1 is 1.37 bits per heavy atom. The summed E-state index contributed by atoms with van der Waals surface area (Å²) in [7, 11) is 0. The lowest BCUT2D eigenvalue weighted by molar-refractivity contribution is -0.125. The predicted octanol–water partition coefficient (Wildman–Crippen LogP) is 3.11. The maximum absolute atomic E-state index is 12.7. The highest BCUT2D eigenvalue weighted by molar-refractivity contribution is 6.31. The lowest BCUT2D eigenvalue weighted by Crippen LogP contribution is -2.43. The molecular weight excluding hydrogens is 366 g/mol. The fourth-order valence-corrected chi connectivity index (χ4v) is 3.70. The number of rotatable bonds is 4. The smallest absolute Gasteiger partial charge is 0.263 e. The van der Waals surface area contributed by atoms with Gasteiger partial charge >= 0.3 is 0 Å². The first-order chi connectivity index (χ1) is 13.1. The Hall–Kier alpha value is -2.67. The van der Waals surface area contributed by atoms with Crippen LogP contribution in [0.5, 0.6) is 0 Å². The molecule has 1 aliphatic heterocycles. The minimum atomic E-state index is -0.105. The molecule has 3 heterocycles. The van der Waals surface area contributed by atoms with Crippen LogP contribution in [0.2, 0.25) is 5.02 Å². The number of aromatic nitrogens is 3. The van der Waals surface area contributed by atoms with E-state index >= 15 is 0 Å². The lowest BCUT2D eigenvalue weighted by Gasteiger charge is -2.33. The first kappa shape index (κ1) is 17.7. The Kier molecular flexibility index (Phi) is 4.94. The Morgan fingerprint density at radius 2 is 2.22 bits per heavy atom. The average molecular weight is 386 g/mol. The molecule has 0 radical (unpaired) electrons. The van der Waals surface area contributed by atoms with Crippen LogP contribution < -0.4 is 10.2 Å². The maximum atomic E-state index is 12.7. The zero-order valence-corrected chi connectivity index (χ0v) is 15.7. The summed E-state index contributed by atoms with van der Waals surface area (Å²) in [6, 6.07) is 7.54. The molecule has 0 aliphatic carbocycles. The summed E-state index contributed by atoms with van der Waals surface area (Å²) in [4.78, 5) is 23.4. The van der Waals surface area contributed by atoms with Gasteiger partial charge in [-0.05, 0) is 31.4 Å². The van der Waals surface area contributed by atoms with Crippen LogP contribution in [0.4, 0.5) is 5.82 Å². The largest absolute Gasteiger partial charge is 0.355 e. The van der Waals surface area contributed by atoms with Crippen LogP contribution >= 0.6 is 11.6 Å². The monoisotopic (exact) mass is 385 g/mol. The minimum Gasteiger partial charge on any atom is -0.355 e. The van der Waals surface area contributed by atoms with Crippen molar-refractivity contribution in [2.45, 2.75) is 26.3 Å². The van der Waals surface area contributed by atoms with E-state index in [2.05, 4.69) is 25.3 Å². The molecular formula is C19H20ClN5O2. The number of hydrogen-bond acceptors (Lipinski definition) is 6. The Morgan fingerprint density at radius 3 is 3.07 bits per heavy atom. The van der Waals surface area contributed by atoms with E-state index in [-0.39, 0.29) is 11.8 Å². The molecule has 1 fully saturated rings. The van der Waals surface area contributed by atoms with Gasteiger partial charge in [0.2, 0.25) is 5.91 Å². The summed E-state index contributed by atoms with van der Waals surface area (Å²) in [5, 5.41) is 8.47. The van der Waals surface area contributed by atoms with Gasteiger partial charge in [-0.3, -0.25) is 4.79 Å². The van der Waals surface area contributed by atoms with Crippen LogP contribution in [-0.2, 0) is 11.3 Å². The third kappa shape index (κ3) is 3.60. The lowest BCUT2D eigenvalue weighted by atomic mass is 9.96. The van der Waals surface area contributed by atoms with Crippen molar-refractivity contribution in [3.8, 4) is 0 Å². The van der Waals surface area contributed by atoms with E-state index < -0.39 is 0 Å². The van der Waals surface area contributed by atoms with Crippen molar-refractivity contribution in [1.29, 1.82) is 0 Å². The summed E-state index contributed by atoms with van der Waals surface area (Å²) >= 11 is 6.17. The van der Waals surface area contributed by atoms with Crippen LogP contribution in [0.25, 0.3) is 11.1 Å². The van der Waals surface area contributed by atoms with Gasteiger partial charge in [0.15, 0.2) is 0 Å². The zero-order valence-electron chi connectivity index (χ0n) is 15.0. The van der Waals surface area contributed by atoms with Crippen molar-refractivity contribution in [3.05, 3.63) is 46.9 Å². The van der Waals surface area contributed by atoms with Crippen molar-refractivity contribution in [2.24, 2.45) is 5.92 Å². The molecule has 1 amide bonds. The van der Waals surface area contributed by atoms with Gasteiger partial charge in [0.1, 0.15) is 17.5 Å². The molecule has 27 heavy (non-hydrogen) atoms. The highest BCUT2D eigenvalue weighted by Gasteiger charge is 2.28. The van der Waals surface area contributed by atoms with Gasteiger partial charge in [0, 0.05) is 24.7 Å². The predicted molar refractivity (Wildman–Crippen MR) is 103 cm³/mol. The third-order valence-electron chi connectivity index (χ3n) is 4.93. The molecule has 0 spiro atoms. The van der Waals surface area contributed by atoms with Crippen molar-refractivity contribution in [3.63, 3.8) is 0 Å². The van der Waals surface area contributed by atoms with Gasteiger partial charge in [-0.2, -0.15) is 4.98 Å². The summed E-state index contributed by atoms with van der Waals surface area (Å²) in [6.45, 7) is 3.74. The van der Waals surface area contributed by atoms with E-state index in [4.69, 9.17) is 16.1 Å². The highest BCUT2D eigenvalue weighted by atomic mass is 35.5. The Bertz CT molecular complexity index is 974. The molecule has 3 aromatic rings. The number of carbonyl (C=O) groups is 1. The first-order valence-corrected chi connectivity index (χ1v) is 9.34. The topological polar surface area (TPSA) is 84.2 Å². The maximum Gasteiger partial charge on any atom is 0.263 e. The van der Waals surface area contributed by atoms with E-state index in [9.17, 15) is 4.79 Å². The summed E-state index contributed by atoms with van der Waals surface area (Å²) < 4.78 is 5.23. The number of nitrogens with zero attached hydrogens (tertiary/aromatic N) is 4. The number of piperidine rings is 1. The van der Waals surface area contributed by atoms with Gasteiger partial charge in [0.25, 0.3) is 5.71 Å². The van der Waals surface area contributed by atoms with E-state index in [1.54, 1.807) is 0 Å². The summed E-state index contributed by atoms with van der Waals surface area (Å²) in [5.74, 6) is 0.709. The van der Waals surface area contributed by atoms with Crippen LogP contribution in [0.3, 0.4) is 0 Å². The molecule has 140 valence electrons. The molecule has 7 nitrogen and oxygen atoms in total. The summed E-state index contributed by atoms with van der Waals surface area (Å²) in [6.07, 6.45) is 3.24. The van der Waals surface area contributed by atoms with Crippen LogP contribution in [0.15, 0.2) is 35.1 Å². The second-order valence-electron chi connectivity index (χ2n) is 6.74. The molecule has 1 saturated heterocycles. The van der Waals surface area contributed by atoms with E-state index in [0.29, 0.717) is 23.8 Å². The van der Waals surface area contributed by atoms with Crippen molar-refractivity contribution >= 4 is 34.4 Å². The number of halogens is 1. The number of anilines is 1. The van der Waals surface area contributed by atoms with Crippen LogP contribution in [0, 0.1) is 12.8 Å². The molecule has 8 heteroatoms. The van der Waals surface area contributed by atoms with Crippen molar-refractivity contribution < 1.29 is 9.32 Å². The second kappa shape index (κ2) is 7.52. The molecule has 0 saturated carbocycles. The molecule has 1 aromatic carbocycles. The average Bonchev–Trinajstić information content (AvgIpc) is 3.08. The number of hydrogen-bond donors (Lipinski definition) is 1. The highest BCUT2D eigenvalue weighted by Crippen LogP contribution is 2.29. The number of aryl methyl sites for hydroxylation is 1. The quantitative estimate of drug-likeness (QED) is 0.742. The number of fused-ring (bicyclic) bond motifs is 1. The fourth-order valence-electron chi connectivity index (χ4n) is 3.50. The molecule has 0 unspecified atom stereocenters. The van der Waals surface area contributed by atoms with E-state index in [1.165, 1.54) is 6.33 Å².